The van der Waals surface area contributed by atoms with Crippen molar-refractivity contribution >= 4 is 45.1 Å². The SMILES string of the molecule is O=C(O)C1CCC(C(=O)Nc2cnc(Cl)c(Br)c2)C1. The Bertz CT molecular complexity index is 524. The summed E-state index contributed by atoms with van der Waals surface area (Å²) in [6, 6.07) is 1.66. The second-order valence-corrected chi connectivity index (χ2v) is 5.74. The summed E-state index contributed by atoms with van der Waals surface area (Å²) in [5.74, 6) is -1.66. The Morgan fingerprint density at radius 3 is 2.68 bits per heavy atom. The molecule has 2 rings (SSSR count). The summed E-state index contributed by atoms with van der Waals surface area (Å²) in [7, 11) is 0. The zero-order chi connectivity index (χ0) is 14.0. The minimum absolute atomic E-state index is 0.167. The van der Waals surface area contributed by atoms with Crippen molar-refractivity contribution in [2.24, 2.45) is 11.8 Å². The molecule has 2 unspecified atom stereocenters. The third kappa shape index (κ3) is 3.45. The first-order chi connectivity index (χ1) is 8.97. The standard InChI is InChI=1S/C12H12BrClN2O3/c13-9-4-8(5-15-10(9)14)16-11(17)6-1-2-7(3-6)12(18)19/h4-7H,1-3H2,(H,16,17)(H,18,19). The number of carboxylic acid groups (broad SMARTS) is 1. The van der Waals surface area contributed by atoms with E-state index in [0.29, 0.717) is 34.6 Å². The van der Waals surface area contributed by atoms with Crippen LogP contribution in [0, 0.1) is 11.8 Å². The van der Waals surface area contributed by atoms with Crippen molar-refractivity contribution in [3.63, 3.8) is 0 Å². The summed E-state index contributed by atoms with van der Waals surface area (Å²) in [5, 5.41) is 12.0. The molecule has 0 aliphatic heterocycles. The third-order valence-corrected chi connectivity index (χ3v) is 4.35. The number of carbonyl (C=O) groups is 2. The molecule has 0 bridgehead atoms. The maximum absolute atomic E-state index is 12.0. The van der Waals surface area contributed by atoms with Crippen molar-refractivity contribution in [3.8, 4) is 0 Å². The molecule has 1 saturated carbocycles. The van der Waals surface area contributed by atoms with E-state index < -0.39 is 11.9 Å². The molecule has 2 N–H and O–H groups in total. The van der Waals surface area contributed by atoms with E-state index in [1.54, 1.807) is 6.07 Å². The van der Waals surface area contributed by atoms with Crippen LogP contribution in [0.3, 0.4) is 0 Å². The topological polar surface area (TPSA) is 79.3 Å². The number of carboxylic acids is 1. The van der Waals surface area contributed by atoms with Gasteiger partial charge >= 0.3 is 5.97 Å². The van der Waals surface area contributed by atoms with E-state index in [9.17, 15) is 9.59 Å². The first-order valence-electron chi connectivity index (χ1n) is 5.82. The average molecular weight is 348 g/mol. The van der Waals surface area contributed by atoms with Crippen molar-refractivity contribution in [2.75, 3.05) is 5.32 Å². The smallest absolute Gasteiger partial charge is 0.306 e. The van der Waals surface area contributed by atoms with Crippen LogP contribution in [0.1, 0.15) is 19.3 Å². The van der Waals surface area contributed by atoms with Crippen LogP contribution < -0.4 is 5.32 Å². The fraction of sp³-hybridized carbons (Fsp3) is 0.417. The first-order valence-corrected chi connectivity index (χ1v) is 6.99. The van der Waals surface area contributed by atoms with Gasteiger partial charge in [0.05, 0.1) is 22.3 Å². The molecule has 1 heterocycles. The summed E-state index contributed by atoms with van der Waals surface area (Å²) in [5.41, 5.74) is 0.542. The lowest BCUT2D eigenvalue weighted by Gasteiger charge is -2.11. The molecule has 1 fully saturated rings. The highest BCUT2D eigenvalue weighted by Crippen LogP contribution is 2.32. The normalized spacial score (nSPS) is 22.2. The lowest BCUT2D eigenvalue weighted by molar-refractivity contribution is -0.141. The highest BCUT2D eigenvalue weighted by atomic mass is 79.9. The van der Waals surface area contributed by atoms with Crippen molar-refractivity contribution in [3.05, 3.63) is 21.9 Å². The Kier molecular flexibility index (Phi) is 4.42. The molecule has 5 nitrogen and oxygen atoms in total. The number of pyridine rings is 1. The predicted molar refractivity (Wildman–Crippen MR) is 74.0 cm³/mol. The molecule has 0 aromatic carbocycles. The maximum Gasteiger partial charge on any atom is 0.306 e. The fourth-order valence-corrected chi connectivity index (χ4v) is 2.63. The van der Waals surface area contributed by atoms with Crippen LogP contribution in [-0.4, -0.2) is 22.0 Å². The monoisotopic (exact) mass is 346 g/mol. The summed E-state index contributed by atoms with van der Waals surface area (Å²) in [4.78, 5) is 26.8. The highest BCUT2D eigenvalue weighted by Gasteiger charge is 2.33. The largest absolute Gasteiger partial charge is 0.481 e. The van der Waals surface area contributed by atoms with Gasteiger partial charge in [0.25, 0.3) is 0 Å². The summed E-state index contributed by atoms with van der Waals surface area (Å²) >= 11 is 8.99. The summed E-state index contributed by atoms with van der Waals surface area (Å²) < 4.78 is 0.599. The Labute approximate surface area is 123 Å². The van der Waals surface area contributed by atoms with Gasteiger partial charge in [0, 0.05) is 5.92 Å². The molecular weight excluding hydrogens is 336 g/mol. The Morgan fingerprint density at radius 1 is 1.42 bits per heavy atom. The molecule has 1 aliphatic rings. The molecule has 1 aliphatic carbocycles. The van der Waals surface area contributed by atoms with Crippen LogP contribution >= 0.6 is 27.5 Å². The molecule has 1 aromatic heterocycles. The van der Waals surface area contributed by atoms with E-state index in [2.05, 4.69) is 26.2 Å². The van der Waals surface area contributed by atoms with Gasteiger partial charge in [-0.3, -0.25) is 9.59 Å². The van der Waals surface area contributed by atoms with Crippen LogP contribution in [0.15, 0.2) is 16.7 Å². The zero-order valence-electron chi connectivity index (χ0n) is 9.90. The van der Waals surface area contributed by atoms with E-state index >= 15 is 0 Å². The number of amides is 1. The van der Waals surface area contributed by atoms with E-state index in [1.165, 1.54) is 6.20 Å². The second-order valence-electron chi connectivity index (χ2n) is 4.53. The minimum atomic E-state index is -0.828. The van der Waals surface area contributed by atoms with Gasteiger partial charge in [-0.05, 0) is 41.3 Å². The van der Waals surface area contributed by atoms with E-state index in [1.807, 2.05) is 0 Å². The van der Waals surface area contributed by atoms with Gasteiger partial charge in [-0.25, -0.2) is 4.98 Å². The Hall–Kier alpha value is -1.14. The number of hydrogen-bond acceptors (Lipinski definition) is 3. The van der Waals surface area contributed by atoms with Gasteiger partial charge in [0.2, 0.25) is 5.91 Å². The van der Waals surface area contributed by atoms with Crippen molar-refractivity contribution in [1.82, 2.24) is 4.98 Å². The van der Waals surface area contributed by atoms with Gasteiger partial charge < -0.3 is 10.4 Å². The molecule has 102 valence electrons. The molecule has 0 radical (unpaired) electrons. The summed E-state index contributed by atoms with van der Waals surface area (Å²) in [6.07, 6.45) is 3.01. The Morgan fingerprint density at radius 2 is 2.11 bits per heavy atom. The van der Waals surface area contributed by atoms with Crippen LogP contribution in [0.2, 0.25) is 5.15 Å². The molecule has 1 amide bonds. The van der Waals surface area contributed by atoms with Gasteiger partial charge in [-0.15, -0.1) is 0 Å². The molecule has 0 spiro atoms. The first kappa shape index (κ1) is 14.3. The van der Waals surface area contributed by atoms with Crippen molar-refractivity contribution in [1.29, 1.82) is 0 Å². The van der Waals surface area contributed by atoms with E-state index in [4.69, 9.17) is 16.7 Å². The zero-order valence-corrected chi connectivity index (χ0v) is 12.2. The predicted octanol–water partition coefficient (Wildman–Crippen LogP) is 2.94. The quantitative estimate of drug-likeness (QED) is 0.824. The van der Waals surface area contributed by atoms with Crippen molar-refractivity contribution < 1.29 is 14.7 Å². The number of hydrogen-bond donors (Lipinski definition) is 2. The lowest BCUT2D eigenvalue weighted by Crippen LogP contribution is -2.21. The number of rotatable bonds is 3. The highest BCUT2D eigenvalue weighted by molar-refractivity contribution is 9.10. The average Bonchev–Trinajstić information content (AvgIpc) is 2.83. The molecular formula is C12H12BrClN2O3. The minimum Gasteiger partial charge on any atom is -0.481 e. The number of halogens is 2. The van der Waals surface area contributed by atoms with Gasteiger partial charge in [-0.1, -0.05) is 11.6 Å². The molecule has 2 atom stereocenters. The molecule has 0 saturated heterocycles. The van der Waals surface area contributed by atoms with Crippen LogP contribution in [0.5, 0.6) is 0 Å². The third-order valence-electron chi connectivity index (χ3n) is 3.22. The fourth-order valence-electron chi connectivity index (χ4n) is 2.18. The number of nitrogens with one attached hydrogen (secondary N) is 1. The van der Waals surface area contributed by atoms with Gasteiger partial charge in [0.1, 0.15) is 5.15 Å². The number of carbonyl (C=O) groups excluding carboxylic acids is 1. The van der Waals surface area contributed by atoms with E-state index in [-0.39, 0.29) is 11.8 Å². The number of nitrogens with zero attached hydrogens (tertiary/aromatic N) is 1. The summed E-state index contributed by atoms with van der Waals surface area (Å²) in [6.45, 7) is 0. The maximum atomic E-state index is 12.0. The van der Waals surface area contributed by atoms with E-state index in [0.717, 1.165) is 0 Å². The van der Waals surface area contributed by atoms with Crippen molar-refractivity contribution in [2.45, 2.75) is 19.3 Å². The van der Waals surface area contributed by atoms with Gasteiger partial charge in [0.15, 0.2) is 0 Å². The van der Waals surface area contributed by atoms with Gasteiger partial charge in [-0.2, -0.15) is 0 Å². The van der Waals surface area contributed by atoms with Crippen LogP contribution in [0.25, 0.3) is 0 Å². The number of aliphatic carboxylic acids is 1. The molecule has 7 heteroatoms. The van der Waals surface area contributed by atoms with Crippen LogP contribution in [0.4, 0.5) is 5.69 Å². The van der Waals surface area contributed by atoms with Crippen LogP contribution in [-0.2, 0) is 9.59 Å². The number of anilines is 1. The second kappa shape index (κ2) is 5.88. The number of aromatic nitrogens is 1. The lowest BCUT2D eigenvalue weighted by atomic mass is 10.0. The molecule has 19 heavy (non-hydrogen) atoms. The Balaban J connectivity index is 1.98. The molecule has 1 aromatic rings.